The lowest BCUT2D eigenvalue weighted by atomic mass is 9.49. The van der Waals surface area contributed by atoms with Crippen molar-refractivity contribution in [3.8, 4) is 0 Å². The number of benzene rings is 1. The number of rotatable bonds is 3. The number of hydrogen-bond acceptors (Lipinski definition) is 2. The average Bonchev–Trinajstić information content (AvgIpc) is 2.53. The van der Waals surface area contributed by atoms with Crippen LogP contribution < -0.4 is 0 Å². The number of hydrogen-bond donors (Lipinski definition) is 2. The second-order valence-corrected chi connectivity index (χ2v) is 7.86. The molecule has 1 fully saturated rings. The quantitative estimate of drug-likeness (QED) is 0.877. The maximum Gasteiger partial charge on any atom is 0.335 e. The Hall–Kier alpha value is -1.84. The van der Waals surface area contributed by atoms with E-state index >= 15 is 0 Å². The van der Waals surface area contributed by atoms with Gasteiger partial charge in [-0.25, -0.2) is 4.79 Å². The summed E-state index contributed by atoms with van der Waals surface area (Å²) in [6, 6.07) is 3.68. The summed E-state index contributed by atoms with van der Waals surface area (Å²) in [6.45, 7) is 6.09. The van der Waals surface area contributed by atoms with E-state index in [1.165, 1.54) is 5.56 Å². The van der Waals surface area contributed by atoms with Crippen LogP contribution in [0, 0.1) is 11.3 Å². The molecule has 130 valence electrons. The summed E-state index contributed by atoms with van der Waals surface area (Å²) in [6.07, 6.45) is 4.90. The SMILES string of the molecule is CCc1c(C(=O)O)ccc2c1CC[C@@H]1[C@@](C)(C(=O)O)CCC[C@]21C. The summed E-state index contributed by atoms with van der Waals surface area (Å²) in [5, 5.41) is 19.3. The lowest BCUT2D eigenvalue weighted by molar-refractivity contribution is -0.157. The van der Waals surface area contributed by atoms with Gasteiger partial charge in [-0.15, -0.1) is 0 Å². The molecule has 0 unspecified atom stereocenters. The van der Waals surface area contributed by atoms with Gasteiger partial charge < -0.3 is 10.2 Å². The van der Waals surface area contributed by atoms with Crippen molar-refractivity contribution in [3.05, 3.63) is 34.4 Å². The van der Waals surface area contributed by atoms with Crippen LogP contribution in [-0.4, -0.2) is 22.2 Å². The zero-order valence-corrected chi connectivity index (χ0v) is 14.7. The van der Waals surface area contributed by atoms with Crippen molar-refractivity contribution >= 4 is 11.9 Å². The second-order valence-electron chi connectivity index (χ2n) is 7.86. The first kappa shape index (κ1) is 17.0. The summed E-state index contributed by atoms with van der Waals surface area (Å²) in [5.41, 5.74) is 2.80. The molecule has 1 aromatic carbocycles. The fraction of sp³-hybridized carbons (Fsp3) is 0.600. The monoisotopic (exact) mass is 330 g/mol. The molecule has 1 saturated carbocycles. The van der Waals surface area contributed by atoms with Crippen LogP contribution >= 0.6 is 0 Å². The van der Waals surface area contributed by atoms with Crippen molar-refractivity contribution in [1.82, 2.24) is 0 Å². The van der Waals surface area contributed by atoms with Crippen LogP contribution in [0.2, 0.25) is 0 Å². The van der Waals surface area contributed by atoms with Crippen LogP contribution in [0.25, 0.3) is 0 Å². The number of carbonyl (C=O) groups is 2. The Kier molecular flexibility index (Phi) is 3.97. The van der Waals surface area contributed by atoms with Crippen molar-refractivity contribution in [2.24, 2.45) is 11.3 Å². The lowest BCUT2D eigenvalue weighted by Crippen LogP contribution is -2.52. The molecule has 24 heavy (non-hydrogen) atoms. The minimum absolute atomic E-state index is 0.101. The minimum Gasteiger partial charge on any atom is -0.481 e. The van der Waals surface area contributed by atoms with E-state index in [1.54, 1.807) is 6.07 Å². The maximum atomic E-state index is 12.0. The van der Waals surface area contributed by atoms with Crippen molar-refractivity contribution in [2.45, 2.75) is 64.7 Å². The smallest absolute Gasteiger partial charge is 0.335 e. The molecule has 0 bridgehead atoms. The van der Waals surface area contributed by atoms with Gasteiger partial charge >= 0.3 is 11.9 Å². The molecule has 0 heterocycles. The Bertz CT molecular complexity index is 708. The van der Waals surface area contributed by atoms with Gasteiger partial charge in [-0.3, -0.25) is 4.79 Å². The van der Waals surface area contributed by atoms with Gasteiger partial charge in [0.25, 0.3) is 0 Å². The standard InChI is InChI=1S/C20H26O4/c1-4-12-13-7-9-16-19(2,10-5-11-20(16,3)18(23)24)15(13)8-6-14(12)17(21)22/h6,8,16H,4-5,7,9-11H2,1-3H3,(H,21,22)(H,23,24)/t16-,19+,20-/m0/s1. The molecule has 2 aliphatic carbocycles. The normalized spacial score (nSPS) is 31.9. The maximum absolute atomic E-state index is 12.0. The molecule has 0 aliphatic heterocycles. The summed E-state index contributed by atoms with van der Waals surface area (Å²) >= 11 is 0. The van der Waals surface area contributed by atoms with E-state index in [4.69, 9.17) is 0 Å². The van der Waals surface area contributed by atoms with Gasteiger partial charge in [-0.1, -0.05) is 26.3 Å². The number of carboxylic acid groups (broad SMARTS) is 2. The Balaban J connectivity index is 2.18. The van der Waals surface area contributed by atoms with Crippen molar-refractivity contribution in [3.63, 3.8) is 0 Å². The molecule has 0 saturated heterocycles. The highest BCUT2D eigenvalue weighted by Crippen LogP contribution is 2.57. The number of carboxylic acids is 2. The first-order valence-corrected chi connectivity index (χ1v) is 8.87. The van der Waals surface area contributed by atoms with Crippen LogP contribution in [0.5, 0.6) is 0 Å². The van der Waals surface area contributed by atoms with Gasteiger partial charge in [-0.05, 0) is 73.1 Å². The second kappa shape index (κ2) is 5.61. The first-order valence-electron chi connectivity index (χ1n) is 8.87. The third kappa shape index (κ3) is 2.19. The summed E-state index contributed by atoms with van der Waals surface area (Å²) in [4.78, 5) is 23.5. The lowest BCUT2D eigenvalue weighted by Gasteiger charge is -2.54. The van der Waals surface area contributed by atoms with Crippen LogP contribution in [-0.2, 0) is 23.1 Å². The third-order valence-electron chi connectivity index (χ3n) is 6.73. The van der Waals surface area contributed by atoms with Gasteiger partial charge in [0.2, 0.25) is 0 Å². The van der Waals surface area contributed by atoms with Crippen molar-refractivity contribution < 1.29 is 19.8 Å². The summed E-state index contributed by atoms with van der Waals surface area (Å²) < 4.78 is 0. The Labute approximate surface area is 142 Å². The van der Waals surface area contributed by atoms with Crippen LogP contribution in [0.1, 0.15) is 73.5 Å². The van der Waals surface area contributed by atoms with E-state index < -0.39 is 17.4 Å². The van der Waals surface area contributed by atoms with Crippen molar-refractivity contribution in [2.75, 3.05) is 0 Å². The van der Waals surface area contributed by atoms with Crippen LogP contribution in [0.4, 0.5) is 0 Å². The molecule has 1 aromatic rings. The fourth-order valence-electron chi connectivity index (χ4n) is 5.50. The average molecular weight is 330 g/mol. The molecule has 0 amide bonds. The summed E-state index contributed by atoms with van der Waals surface area (Å²) in [5.74, 6) is -1.47. The highest BCUT2D eigenvalue weighted by atomic mass is 16.4. The van der Waals surface area contributed by atoms with E-state index in [-0.39, 0.29) is 11.3 Å². The predicted octanol–water partition coefficient (Wildman–Crippen LogP) is 4.04. The van der Waals surface area contributed by atoms with Crippen molar-refractivity contribution in [1.29, 1.82) is 0 Å². The fourth-order valence-corrected chi connectivity index (χ4v) is 5.50. The molecule has 0 radical (unpaired) electrons. The Morgan fingerprint density at radius 1 is 1.21 bits per heavy atom. The highest BCUT2D eigenvalue weighted by molar-refractivity contribution is 5.90. The molecule has 4 nitrogen and oxygen atoms in total. The molecule has 4 heteroatoms. The van der Waals surface area contributed by atoms with Gasteiger partial charge in [0, 0.05) is 0 Å². The molecule has 0 aromatic heterocycles. The summed E-state index contributed by atoms with van der Waals surface area (Å²) in [7, 11) is 0. The van der Waals surface area contributed by atoms with Gasteiger partial charge in [0.05, 0.1) is 11.0 Å². The zero-order chi connectivity index (χ0) is 17.7. The molecule has 2 aliphatic rings. The largest absolute Gasteiger partial charge is 0.481 e. The zero-order valence-electron chi connectivity index (χ0n) is 14.7. The van der Waals surface area contributed by atoms with Gasteiger partial charge in [0.1, 0.15) is 0 Å². The van der Waals surface area contributed by atoms with Gasteiger partial charge in [-0.2, -0.15) is 0 Å². The number of fused-ring (bicyclic) bond motifs is 3. The van der Waals surface area contributed by atoms with E-state index in [0.717, 1.165) is 43.2 Å². The molecule has 3 atom stereocenters. The highest BCUT2D eigenvalue weighted by Gasteiger charge is 2.55. The first-order chi connectivity index (χ1) is 11.3. The van der Waals surface area contributed by atoms with E-state index in [2.05, 4.69) is 6.92 Å². The van der Waals surface area contributed by atoms with Crippen LogP contribution in [0.3, 0.4) is 0 Å². The molecule has 3 rings (SSSR count). The van der Waals surface area contributed by atoms with E-state index in [9.17, 15) is 19.8 Å². The molecular weight excluding hydrogens is 304 g/mol. The third-order valence-corrected chi connectivity index (χ3v) is 6.73. The number of aromatic carboxylic acids is 1. The molecule has 0 spiro atoms. The Morgan fingerprint density at radius 2 is 1.92 bits per heavy atom. The minimum atomic E-state index is -0.874. The number of aliphatic carboxylic acids is 1. The van der Waals surface area contributed by atoms with E-state index in [1.807, 2.05) is 19.9 Å². The van der Waals surface area contributed by atoms with Gasteiger partial charge in [0.15, 0.2) is 0 Å². The van der Waals surface area contributed by atoms with E-state index in [0.29, 0.717) is 12.0 Å². The Morgan fingerprint density at radius 3 is 2.50 bits per heavy atom. The topological polar surface area (TPSA) is 74.6 Å². The van der Waals surface area contributed by atoms with Crippen LogP contribution in [0.15, 0.2) is 12.1 Å². The predicted molar refractivity (Wildman–Crippen MR) is 91.5 cm³/mol. The molecular formula is C20H26O4. The molecule has 2 N–H and O–H groups in total.